The molecule has 9 heteroatoms. The van der Waals surface area contributed by atoms with Gasteiger partial charge in [0.1, 0.15) is 11.6 Å². The van der Waals surface area contributed by atoms with Crippen molar-refractivity contribution in [1.82, 2.24) is 19.8 Å². The molecule has 0 saturated carbocycles. The van der Waals surface area contributed by atoms with Crippen molar-refractivity contribution >= 4 is 28.7 Å². The Morgan fingerprint density at radius 3 is 1.58 bits per heavy atom. The van der Waals surface area contributed by atoms with E-state index in [1.807, 2.05) is 84.2 Å². The summed E-state index contributed by atoms with van der Waals surface area (Å²) in [6.07, 6.45) is 14.1. The van der Waals surface area contributed by atoms with Crippen LogP contribution in [-0.2, 0) is 20.1 Å². The molecule has 0 fully saturated rings. The Hall–Kier alpha value is -4.33. The quantitative estimate of drug-likeness (QED) is 0.157. The predicted molar refractivity (Wildman–Crippen MR) is 167 cm³/mol. The van der Waals surface area contributed by atoms with Gasteiger partial charge in [-0.15, -0.1) is 23.7 Å². The fraction of sp³-hybridized carbons (Fsp3) is 0.147. The van der Waals surface area contributed by atoms with Gasteiger partial charge in [0, 0.05) is 32.5 Å². The molecule has 0 spiro atoms. The Bertz CT molecular complexity index is 1400. The Balaban J connectivity index is 0.000000186. The van der Waals surface area contributed by atoms with Crippen LogP contribution in [0.5, 0.6) is 0 Å². The third-order valence-corrected chi connectivity index (χ3v) is 6.87. The van der Waals surface area contributed by atoms with Gasteiger partial charge in [-0.2, -0.15) is 104 Å². The van der Waals surface area contributed by atoms with Crippen LogP contribution < -0.4 is 19.6 Å². The number of nitrogens with zero attached hydrogens (tertiary/aromatic N) is 8. The zero-order valence-corrected chi connectivity index (χ0v) is 26.3. The summed E-state index contributed by atoms with van der Waals surface area (Å²) in [6.45, 7) is 8.25. The summed E-state index contributed by atoms with van der Waals surface area (Å²) >= 11 is 0. The normalized spacial score (nSPS) is 15.0. The van der Waals surface area contributed by atoms with Gasteiger partial charge < -0.3 is 29.4 Å². The second-order valence-electron chi connectivity index (χ2n) is 9.87. The average Bonchev–Trinajstić information content (AvgIpc) is 3.81. The summed E-state index contributed by atoms with van der Waals surface area (Å²) in [4.78, 5) is 21.2. The van der Waals surface area contributed by atoms with Crippen molar-refractivity contribution in [3.05, 3.63) is 148 Å². The van der Waals surface area contributed by atoms with E-state index in [-0.39, 0.29) is 20.1 Å². The number of anilines is 5. The molecule has 0 unspecified atom stereocenters. The summed E-state index contributed by atoms with van der Waals surface area (Å²) in [5.41, 5.74) is 3.11. The van der Waals surface area contributed by atoms with Crippen LogP contribution in [0.1, 0.15) is 12.8 Å². The first kappa shape index (κ1) is 30.1. The molecule has 0 saturated heterocycles. The maximum absolute atomic E-state index is 4.34. The molecule has 43 heavy (non-hydrogen) atoms. The Labute approximate surface area is 268 Å². The average molecular weight is 745 g/mol. The predicted octanol–water partition coefficient (Wildman–Crippen LogP) is 6.17. The van der Waals surface area contributed by atoms with E-state index >= 15 is 0 Å². The minimum atomic E-state index is 0. The molecule has 3 aliphatic heterocycles. The van der Waals surface area contributed by atoms with Crippen molar-refractivity contribution < 1.29 is 20.1 Å². The molecule has 3 aliphatic rings. The third kappa shape index (κ3) is 7.55. The first-order valence-electron chi connectivity index (χ1n) is 14.0. The molecule has 0 amide bonds. The van der Waals surface area contributed by atoms with Gasteiger partial charge in [0.05, 0.1) is 0 Å². The second-order valence-corrected chi connectivity index (χ2v) is 9.87. The van der Waals surface area contributed by atoms with Crippen molar-refractivity contribution in [1.29, 1.82) is 0 Å². The van der Waals surface area contributed by atoms with E-state index in [0.29, 0.717) is 0 Å². The van der Waals surface area contributed by atoms with E-state index in [9.17, 15) is 0 Å². The molecular weight excluding hydrogens is 713 g/mol. The molecule has 1 aromatic heterocycles. The van der Waals surface area contributed by atoms with Crippen LogP contribution >= 0.6 is 0 Å². The molecule has 0 aliphatic carbocycles. The van der Waals surface area contributed by atoms with Crippen molar-refractivity contribution in [3.8, 4) is 0 Å². The van der Waals surface area contributed by atoms with Gasteiger partial charge in [-0.3, -0.25) is 0 Å². The van der Waals surface area contributed by atoms with E-state index in [0.717, 1.165) is 54.6 Å². The Morgan fingerprint density at radius 2 is 1.09 bits per heavy atom. The second kappa shape index (κ2) is 14.7. The van der Waals surface area contributed by atoms with E-state index in [4.69, 9.17) is 0 Å². The topological polar surface area (TPSA) is 45.2 Å². The number of unbranched alkanes of at least 4 members (excludes halogenated alkanes) is 1. The molecule has 7 rings (SSSR count). The van der Waals surface area contributed by atoms with Crippen LogP contribution in [0.15, 0.2) is 110 Å². The number of benzene rings is 3. The third-order valence-electron chi connectivity index (χ3n) is 6.87. The van der Waals surface area contributed by atoms with Gasteiger partial charge in [0.15, 0.2) is 0 Å². The fourth-order valence-electron chi connectivity index (χ4n) is 4.75. The van der Waals surface area contributed by atoms with Crippen LogP contribution in [0.2, 0.25) is 0 Å². The largest absolute Gasteiger partial charge is 0.508 e. The Kier molecular flexibility index (Phi) is 10.3. The maximum atomic E-state index is 4.34. The summed E-state index contributed by atoms with van der Waals surface area (Å²) in [5, 5.41) is 0. The molecule has 1 radical (unpaired) electrons. The standard InChI is InChI=1S/C22H22N4.C12H10N4.Ir/c1-3-9-21(10-4-1)25-17-15-23(19-25)13-7-8-14-24-16-18-26(20-24)22-11-5-2-6-12-22;1-15-9-16(10-5-3-2-4-6-10)12-11(15)13-7-8-14-12;/h1-6,9,11,15-20H,7-8,13-14H2;2-5,7-9H,1H3;/q-4;-2;. The zero-order chi connectivity index (χ0) is 28.6. The van der Waals surface area contributed by atoms with Gasteiger partial charge in [0.2, 0.25) is 0 Å². The molecule has 8 nitrogen and oxygen atoms in total. The number of rotatable bonds is 8. The number of fused-ring (bicyclic) bond motifs is 1. The van der Waals surface area contributed by atoms with Crippen LogP contribution in [-0.4, -0.2) is 39.9 Å². The minimum Gasteiger partial charge on any atom is -0.508 e. The molecule has 0 bridgehead atoms. The fourth-order valence-corrected chi connectivity index (χ4v) is 4.75. The molecular formula is C34H32IrN8-6. The van der Waals surface area contributed by atoms with Crippen molar-refractivity contribution in [2.24, 2.45) is 0 Å². The molecule has 0 atom stereocenters. The number of para-hydroxylation sites is 3. The zero-order valence-electron chi connectivity index (χ0n) is 23.9. The van der Waals surface area contributed by atoms with Crippen LogP contribution in [0, 0.1) is 38.2 Å². The summed E-state index contributed by atoms with van der Waals surface area (Å²) in [7, 11) is 1.95. The van der Waals surface area contributed by atoms with Gasteiger partial charge in [-0.25, -0.2) is 9.97 Å². The number of hydrogen-bond donors (Lipinski definition) is 0. The van der Waals surface area contributed by atoms with Gasteiger partial charge >= 0.3 is 0 Å². The van der Waals surface area contributed by atoms with E-state index in [2.05, 4.69) is 98.0 Å². The van der Waals surface area contributed by atoms with Gasteiger partial charge in [0.25, 0.3) is 0 Å². The van der Waals surface area contributed by atoms with E-state index in [1.54, 1.807) is 12.4 Å². The molecule has 0 N–H and O–H groups in total. The first-order chi connectivity index (χ1) is 20.7. The molecule has 3 aromatic carbocycles. The van der Waals surface area contributed by atoms with Crippen LogP contribution in [0.25, 0.3) is 0 Å². The Morgan fingerprint density at radius 1 is 0.605 bits per heavy atom. The van der Waals surface area contributed by atoms with Crippen molar-refractivity contribution in [3.63, 3.8) is 0 Å². The molecule has 223 valence electrons. The summed E-state index contributed by atoms with van der Waals surface area (Å²) in [5.74, 6) is 1.70. The maximum Gasteiger partial charge on any atom is 0.143 e. The first-order valence-corrected chi connectivity index (χ1v) is 14.0. The van der Waals surface area contributed by atoms with Crippen molar-refractivity contribution in [2.45, 2.75) is 12.8 Å². The SMILES string of the molecule is CN1[CH-]N(c2[c-]cccc2)c2nccnc21.[Ir].[c-]1ccccc1N1C=CN(CCCCN2C=CN(c3[c-]cccc3)[CH-]2)[CH-]1. The van der Waals surface area contributed by atoms with Crippen LogP contribution in [0.3, 0.4) is 0 Å². The molecule has 4 aromatic rings. The van der Waals surface area contributed by atoms with Gasteiger partial charge in [-0.1, -0.05) is 0 Å². The summed E-state index contributed by atoms with van der Waals surface area (Å²) < 4.78 is 0. The minimum absolute atomic E-state index is 0. The summed E-state index contributed by atoms with van der Waals surface area (Å²) in [6, 6.07) is 33.5. The number of hydrogen-bond acceptors (Lipinski definition) is 8. The van der Waals surface area contributed by atoms with E-state index in [1.165, 1.54) is 0 Å². The van der Waals surface area contributed by atoms with E-state index < -0.39 is 0 Å². The smallest absolute Gasteiger partial charge is 0.143 e. The van der Waals surface area contributed by atoms with Crippen molar-refractivity contribution in [2.75, 3.05) is 39.7 Å². The van der Waals surface area contributed by atoms with Crippen LogP contribution in [0.4, 0.5) is 28.7 Å². The monoisotopic (exact) mass is 745 g/mol. The molecule has 4 heterocycles. The number of aromatic nitrogens is 2. The van der Waals surface area contributed by atoms with Gasteiger partial charge in [-0.05, 0) is 57.8 Å².